The standard InChI is InChI=1S/C17H20O/c1-4-11-17(12-5-2,13-6-3)16-9-7-15(14-18)8-10-16/h4-10,14H,1-3,11-13H2. The van der Waals surface area contributed by atoms with Gasteiger partial charge in [0.15, 0.2) is 0 Å². The van der Waals surface area contributed by atoms with Gasteiger partial charge in [0, 0.05) is 11.0 Å². The molecule has 0 unspecified atom stereocenters. The summed E-state index contributed by atoms with van der Waals surface area (Å²) in [6.45, 7) is 11.5. The van der Waals surface area contributed by atoms with Gasteiger partial charge in [-0.05, 0) is 24.8 Å². The highest BCUT2D eigenvalue weighted by molar-refractivity contribution is 5.74. The van der Waals surface area contributed by atoms with Crippen molar-refractivity contribution in [1.29, 1.82) is 0 Å². The Labute approximate surface area is 110 Å². The number of benzene rings is 1. The quantitative estimate of drug-likeness (QED) is 0.484. The molecule has 18 heavy (non-hydrogen) atoms. The topological polar surface area (TPSA) is 17.1 Å². The van der Waals surface area contributed by atoms with Gasteiger partial charge in [-0.3, -0.25) is 4.79 Å². The second-order valence-electron chi connectivity index (χ2n) is 4.50. The van der Waals surface area contributed by atoms with Crippen LogP contribution < -0.4 is 0 Å². The summed E-state index contributed by atoms with van der Waals surface area (Å²) in [6.07, 6.45) is 9.25. The maximum Gasteiger partial charge on any atom is 0.150 e. The first kappa shape index (κ1) is 14.2. The molecule has 0 saturated carbocycles. The van der Waals surface area contributed by atoms with Crippen molar-refractivity contribution >= 4 is 6.29 Å². The van der Waals surface area contributed by atoms with Crippen molar-refractivity contribution in [2.24, 2.45) is 0 Å². The fourth-order valence-corrected chi connectivity index (χ4v) is 2.35. The van der Waals surface area contributed by atoms with Crippen molar-refractivity contribution in [3.63, 3.8) is 0 Å². The minimum atomic E-state index is -0.0351. The highest BCUT2D eigenvalue weighted by Crippen LogP contribution is 2.36. The lowest BCUT2D eigenvalue weighted by Crippen LogP contribution is -2.24. The van der Waals surface area contributed by atoms with Crippen LogP contribution in [-0.2, 0) is 5.41 Å². The Hall–Kier alpha value is -1.89. The van der Waals surface area contributed by atoms with E-state index in [0.717, 1.165) is 25.5 Å². The van der Waals surface area contributed by atoms with Gasteiger partial charge in [0.25, 0.3) is 0 Å². The van der Waals surface area contributed by atoms with Crippen LogP contribution in [0, 0.1) is 0 Å². The van der Waals surface area contributed by atoms with E-state index in [0.29, 0.717) is 5.56 Å². The molecule has 0 radical (unpaired) electrons. The van der Waals surface area contributed by atoms with E-state index < -0.39 is 0 Å². The molecule has 1 aromatic carbocycles. The lowest BCUT2D eigenvalue weighted by molar-refractivity contribution is 0.112. The lowest BCUT2D eigenvalue weighted by atomic mass is 9.72. The van der Waals surface area contributed by atoms with E-state index in [4.69, 9.17) is 0 Å². The van der Waals surface area contributed by atoms with E-state index in [1.165, 1.54) is 5.56 Å². The minimum absolute atomic E-state index is 0.0351. The van der Waals surface area contributed by atoms with Crippen molar-refractivity contribution in [1.82, 2.24) is 0 Å². The van der Waals surface area contributed by atoms with Crippen LogP contribution in [0.1, 0.15) is 35.2 Å². The average Bonchev–Trinajstić information content (AvgIpc) is 2.39. The van der Waals surface area contributed by atoms with E-state index in [1.807, 2.05) is 42.5 Å². The van der Waals surface area contributed by atoms with Crippen LogP contribution in [0.25, 0.3) is 0 Å². The Balaban J connectivity index is 3.19. The first-order valence-corrected chi connectivity index (χ1v) is 6.11. The summed E-state index contributed by atoms with van der Waals surface area (Å²) in [5, 5.41) is 0. The first-order chi connectivity index (χ1) is 8.72. The third-order valence-corrected chi connectivity index (χ3v) is 3.26. The molecule has 0 N–H and O–H groups in total. The smallest absolute Gasteiger partial charge is 0.150 e. The minimum Gasteiger partial charge on any atom is -0.298 e. The summed E-state index contributed by atoms with van der Waals surface area (Å²) in [7, 11) is 0. The molecular weight excluding hydrogens is 220 g/mol. The van der Waals surface area contributed by atoms with E-state index in [1.54, 1.807) is 0 Å². The van der Waals surface area contributed by atoms with Gasteiger partial charge in [-0.15, -0.1) is 19.7 Å². The molecule has 1 nitrogen and oxygen atoms in total. The van der Waals surface area contributed by atoms with Gasteiger partial charge in [0.1, 0.15) is 6.29 Å². The number of hydrogen-bond donors (Lipinski definition) is 0. The third kappa shape index (κ3) is 3.07. The van der Waals surface area contributed by atoms with Gasteiger partial charge in [0.2, 0.25) is 0 Å². The zero-order chi connectivity index (χ0) is 13.4. The van der Waals surface area contributed by atoms with E-state index >= 15 is 0 Å². The normalized spacial score (nSPS) is 10.7. The van der Waals surface area contributed by atoms with Crippen molar-refractivity contribution in [2.45, 2.75) is 24.7 Å². The largest absolute Gasteiger partial charge is 0.298 e. The third-order valence-electron chi connectivity index (χ3n) is 3.26. The molecule has 1 rings (SSSR count). The molecule has 0 bridgehead atoms. The maximum atomic E-state index is 10.7. The average molecular weight is 240 g/mol. The molecule has 1 aromatic rings. The van der Waals surface area contributed by atoms with Gasteiger partial charge in [0.05, 0.1) is 0 Å². The predicted octanol–water partition coefficient (Wildman–Crippen LogP) is 4.47. The van der Waals surface area contributed by atoms with Crippen LogP contribution in [0.2, 0.25) is 0 Å². The summed E-state index contributed by atoms with van der Waals surface area (Å²) in [5.74, 6) is 0. The zero-order valence-corrected chi connectivity index (χ0v) is 10.8. The molecule has 94 valence electrons. The Bertz CT molecular complexity index is 399. The van der Waals surface area contributed by atoms with Crippen LogP contribution in [0.4, 0.5) is 0 Å². The molecule has 0 aliphatic rings. The molecule has 1 heteroatoms. The second kappa shape index (κ2) is 6.75. The second-order valence-corrected chi connectivity index (χ2v) is 4.50. The van der Waals surface area contributed by atoms with Crippen LogP contribution in [0.5, 0.6) is 0 Å². The SMILES string of the molecule is C=CCC(CC=C)(CC=C)c1ccc(C=O)cc1. The lowest BCUT2D eigenvalue weighted by Gasteiger charge is -2.31. The fraction of sp³-hybridized carbons (Fsp3) is 0.235. The molecule has 0 atom stereocenters. The van der Waals surface area contributed by atoms with Crippen molar-refractivity contribution in [3.8, 4) is 0 Å². The first-order valence-electron chi connectivity index (χ1n) is 6.11. The number of hydrogen-bond acceptors (Lipinski definition) is 1. The monoisotopic (exact) mass is 240 g/mol. The molecule has 0 spiro atoms. The Morgan fingerprint density at radius 1 is 0.889 bits per heavy atom. The molecule has 0 amide bonds. The summed E-state index contributed by atoms with van der Waals surface area (Å²) in [5.41, 5.74) is 1.86. The fourth-order valence-electron chi connectivity index (χ4n) is 2.35. The molecule has 0 heterocycles. The van der Waals surface area contributed by atoms with Gasteiger partial charge >= 0.3 is 0 Å². The van der Waals surface area contributed by atoms with Crippen molar-refractivity contribution in [2.75, 3.05) is 0 Å². The molecule has 0 aromatic heterocycles. The van der Waals surface area contributed by atoms with Crippen LogP contribution in [-0.4, -0.2) is 6.29 Å². The zero-order valence-electron chi connectivity index (χ0n) is 10.8. The van der Waals surface area contributed by atoms with E-state index in [2.05, 4.69) is 19.7 Å². The molecule has 0 saturated heterocycles. The Kier molecular flexibility index (Phi) is 5.31. The number of allylic oxidation sites excluding steroid dienone is 3. The van der Waals surface area contributed by atoms with Crippen molar-refractivity contribution in [3.05, 3.63) is 73.4 Å². The van der Waals surface area contributed by atoms with Gasteiger partial charge < -0.3 is 0 Å². The molecule has 0 aliphatic heterocycles. The maximum absolute atomic E-state index is 10.7. The number of aldehydes is 1. The van der Waals surface area contributed by atoms with E-state index in [-0.39, 0.29) is 5.41 Å². The summed E-state index contributed by atoms with van der Waals surface area (Å²) < 4.78 is 0. The predicted molar refractivity (Wildman–Crippen MR) is 77.9 cm³/mol. The van der Waals surface area contributed by atoms with Crippen LogP contribution in [0.15, 0.2) is 62.2 Å². The highest BCUT2D eigenvalue weighted by atomic mass is 16.1. The number of rotatable bonds is 8. The number of carbonyl (C=O) groups excluding carboxylic acids is 1. The number of carbonyl (C=O) groups is 1. The summed E-state index contributed by atoms with van der Waals surface area (Å²) >= 11 is 0. The summed E-state index contributed by atoms with van der Waals surface area (Å²) in [6, 6.07) is 7.74. The summed E-state index contributed by atoms with van der Waals surface area (Å²) in [4.78, 5) is 10.7. The molecular formula is C17H20O. The van der Waals surface area contributed by atoms with E-state index in [9.17, 15) is 4.79 Å². The van der Waals surface area contributed by atoms with Gasteiger partial charge in [-0.2, -0.15) is 0 Å². The Morgan fingerprint density at radius 2 is 1.33 bits per heavy atom. The van der Waals surface area contributed by atoms with Crippen LogP contribution in [0.3, 0.4) is 0 Å². The van der Waals surface area contributed by atoms with Crippen LogP contribution >= 0.6 is 0 Å². The van der Waals surface area contributed by atoms with Gasteiger partial charge in [-0.25, -0.2) is 0 Å². The Morgan fingerprint density at radius 3 is 1.67 bits per heavy atom. The molecule has 0 fully saturated rings. The molecule has 0 aliphatic carbocycles. The van der Waals surface area contributed by atoms with Gasteiger partial charge in [-0.1, -0.05) is 42.5 Å². The highest BCUT2D eigenvalue weighted by Gasteiger charge is 2.28. The van der Waals surface area contributed by atoms with Crippen molar-refractivity contribution < 1.29 is 4.79 Å².